The lowest BCUT2D eigenvalue weighted by Crippen LogP contribution is -2.56. The summed E-state index contributed by atoms with van der Waals surface area (Å²) in [4.78, 5) is 0. The van der Waals surface area contributed by atoms with Gasteiger partial charge >= 0.3 is 0 Å². The zero-order valence-corrected chi connectivity index (χ0v) is 15.9. The molecule has 0 heterocycles. The topological polar surface area (TPSA) is 9.23 Å². The molecule has 0 N–H and O–H groups in total. The maximum absolute atomic E-state index is 6.73. The van der Waals surface area contributed by atoms with Crippen LogP contribution in [-0.4, -0.2) is 12.2 Å². The van der Waals surface area contributed by atoms with E-state index in [-0.39, 0.29) is 5.60 Å². The summed E-state index contributed by atoms with van der Waals surface area (Å²) < 4.78 is 6.73. The van der Waals surface area contributed by atoms with Crippen molar-refractivity contribution in [2.45, 2.75) is 99.5 Å². The van der Waals surface area contributed by atoms with Crippen molar-refractivity contribution in [2.75, 3.05) is 6.61 Å². The van der Waals surface area contributed by atoms with E-state index < -0.39 is 0 Å². The Morgan fingerprint density at radius 2 is 1.29 bits per heavy atom. The first-order chi connectivity index (χ1) is 9.30. The molecule has 2 aliphatic carbocycles. The molecule has 0 amide bonds. The number of fused-ring (bicyclic) bond motifs is 2. The smallest absolute Gasteiger partial charge is 0.0698 e. The van der Waals surface area contributed by atoms with Crippen LogP contribution in [0.1, 0.15) is 93.9 Å². The quantitative estimate of drug-likeness (QED) is 0.598. The van der Waals surface area contributed by atoms with Gasteiger partial charge in [-0.05, 0) is 60.2 Å². The minimum Gasteiger partial charge on any atom is -0.374 e. The first-order valence-electron chi connectivity index (χ1n) is 8.94. The molecule has 0 radical (unpaired) electrons. The van der Waals surface area contributed by atoms with Crippen LogP contribution in [0.4, 0.5) is 0 Å². The Morgan fingerprint density at radius 3 is 1.71 bits per heavy atom. The van der Waals surface area contributed by atoms with Gasteiger partial charge in [-0.1, -0.05) is 55.4 Å². The van der Waals surface area contributed by atoms with E-state index in [2.05, 4.69) is 55.4 Å². The molecule has 0 aromatic heterocycles. The van der Waals surface area contributed by atoms with Crippen molar-refractivity contribution in [1.82, 2.24) is 0 Å². The Morgan fingerprint density at radius 1 is 0.810 bits per heavy atom. The molecule has 2 fully saturated rings. The third-order valence-electron chi connectivity index (χ3n) is 5.89. The van der Waals surface area contributed by atoms with Gasteiger partial charge in [0.05, 0.1) is 12.2 Å². The van der Waals surface area contributed by atoms with Crippen LogP contribution in [0.15, 0.2) is 0 Å². The lowest BCUT2D eigenvalue weighted by atomic mass is 9.48. The third kappa shape index (κ3) is 4.03. The largest absolute Gasteiger partial charge is 0.374 e. The second-order valence-corrected chi connectivity index (χ2v) is 11.0. The normalized spacial score (nSPS) is 38.3. The van der Waals surface area contributed by atoms with Crippen LogP contribution in [0.25, 0.3) is 0 Å². The van der Waals surface area contributed by atoms with Crippen molar-refractivity contribution in [3.05, 3.63) is 0 Å². The van der Waals surface area contributed by atoms with Crippen molar-refractivity contribution < 1.29 is 4.74 Å². The van der Waals surface area contributed by atoms with E-state index in [1.807, 2.05) is 0 Å². The molecule has 21 heavy (non-hydrogen) atoms. The SMILES string of the molecule is CCC(C)(C)COC12CC(C)(C)CC(C)(CC(C)(C)C1)C2. The zero-order chi connectivity index (χ0) is 16.2. The van der Waals surface area contributed by atoms with Crippen LogP contribution in [0.2, 0.25) is 0 Å². The molecular weight excluding hydrogens is 256 g/mol. The van der Waals surface area contributed by atoms with Crippen molar-refractivity contribution in [1.29, 1.82) is 0 Å². The average Bonchev–Trinajstić information content (AvgIpc) is 2.20. The number of hydrogen-bond donors (Lipinski definition) is 0. The summed E-state index contributed by atoms with van der Waals surface area (Å²) in [6, 6.07) is 0. The second kappa shape index (κ2) is 4.98. The molecule has 0 aliphatic heterocycles. The van der Waals surface area contributed by atoms with Gasteiger partial charge in [-0.3, -0.25) is 0 Å². The van der Waals surface area contributed by atoms with Gasteiger partial charge in [0.25, 0.3) is 0 Å². The Balaban J connectivity index is 2.24. The molecular formula is C20H38O. The fraction of sp³-hybridized carbons (Fsp3) is 1.00. The maximum atomic E-state index is 6.73. The monoisotopic (exact) mass is 294 g/mol. The lowest BCUT2D eigenvalue weighted by Gasteiger charge is -2.61. The molecule has 2 aliphatic rings. The maximum Gasteiger partial charge on any atom is 0.0698 e. The summed E-state index contributed by atoms with van der Waals surface area (Å²) in [7, 11) is 0. The first-order valence-corrected chi connectivity index (χ1v) is 8.94. The first kappa shape index (κ1) is 17.3. The third-order valence-corrected chi connectivity index (χ3v) is 5.89. The van der Waals surface area contributed by atoms with E-state index in [0.717, 1.165) is 6.61 Å². The van der Waals surface area contributed by atoms with Crippen molar-refractivity contribution in [2.24, 2.45) is 21.7 Å². The summed E-state index contributed by atoms with van der Waals surface area (Å²) in [6.45, 7) is 20.2. The summed E-state index contributed by atoms with van der Waals surface area (Å²) in [6.07, 6.45) is 7.63. The second-order valence-electron chi connectivity index (χ2n) is 11.0. The average molecular weight is 295 g/mol. The highest BCUT2D eigenvalue weighted by Crippen LogP contribution is 2.62. The number of hydrogen-bond acceptors (Lipinski definition) is 1. The van der Waals surface area contributed by atoms with E-state index in [4.69, 9.17) is 4.74 Å². The van der Waals surface area contributed by atoms with Gasteiger partial charge < -0.3 is 4.74 Å². The van der Waals surface area contributed by atoms with Gasteiger partial charge in [-0.15, -0.1) is 0 Å². The molecule has 1 nitrogen and oxygen atoms in total. The highest BCUT2D eigenvalue weighted by atomic mass is 16.5. The highest BCUT2D eigenvalue weighted by molar-refractivity contribution is 5.08. The molecule has 0 spiro atoms. The molecule has 0 unspecified atom stereocenters. The predicted molar refractivity (Wildman–Crippen MR) is 91.5 cm³/mol. The Labute approximate surface area is 133 Å². The standard InChI is InChI=1S/C20H38O/c1-9-16(2,3)15-21-20-12-17(4,5)10-19(8,14-20)11-18(6,7)13-20/h9-15H2,1-8H3. The van der Waals surface area contributed by atoms with Crippen LogP contribution in [0.3, 0.4) is 0 Å². The zero-order valence-electron chi connectivity index (χ0n) is 15.9. The van der Waals surface area contributed by atoms with Crippen molar-refractivity contribution >= 4 is 0 Å². The van der Waals surface area contributed by atoms with E-state index in [1.54, 1.807) is 0 Å². The number of ether oxygens (including phenoxy) is 1. The fourth-order valence-corrected chi connectivity index (χ4v) is 5.94. The molecule has 0 aromatic rings. The molecule has 2 bridgehead atoms. The minimum atomic E-state index is 0.116. The molecule has 0 atom stereocenters. The van der Waals surface area contributed by atoms with Crippen molar-refractivity contribution in [3.8, 4) is 0 Å². The van der Waals surface area contributed by atoms with Gasteiger partial charge in [-0.25, -0.2) is 0 Å². The fourth-order valence-electron chi connectivity index (χ4n) is 5.94. The van der Waals surface area contributed by atoms with E-state index in [1.165, 1.54) is 38.5 Å². The molecule has 0 aromatic carbocycles. The Kier molecular flexibility index (Phi) is 4.11. The number of rotatable bonds is 4. The van der Waals surface area contributed by atoms with Crippen LogP contribution in [0, 0.1) is 21.7 Å². The van der Waals surface area contributed by atoms with Gasteiger partial charge in [0.15, 0.2) is 0 Å². The Bertz CT molecular complexity index is 363. The van der Waals surface area contributed by atoms with Gasteiger partial charge in [0.2, 0.25) is 0 Å². The molecule has 2 rings (SSSR count). The molecule has 0 saturated heterocycles. The summed E-state index contributed by atoms with van der Waals surface area (Å²) in [5.41, 5.74) is 1.71. The highest BCUT2D eigenvalue weighted by Gasteiger charge is 2.56. The van der Waals surface area contributed by atoms with E-state index in [0.29, 0.717) is 21.7 Å². The van der Waals surface area contributed by atoms with Crippen LogP contribution >= 0.6 is 0 Å². The van der Waals surface area contributed by atoms with Crippen LogP contribution in [0.5, 0.6) is 0 Å². The summed E-state index contributed by atoms with van der Waals surface area (Å²) in [5, 5.41) is 0. The Hall–Kier alpha value is -0.0400. The van der Waals surface area contributed by atoms with E-state index in [9.17, 15) is 0 Å². The molecule has 2 saturated carbocycles. The van der Waals surface area contributed by atoms with Crippen LogP contribution in [-0.2, 0) is 4.74 Å². The van der Waals surface area contributed by atoms with E-state index >= 15 is 0 Å². The van der Waals surface area contributed by atoms with Gasteiger partial charge in [0, 0.05) is 0 Å². The predicted octanol–water partition coefficient (Wildman–Crippen LogP) is 6.21. The van der Waals surface area contributed by atoms with Gasteiger partial charge in [0.1, 0.15) is 0 Å². The summed E-state index contributed by atoms with van der Waals surface area (Å²) >= 11 is 0. The van der Waals surface area contributed by atoms with Crippen LogP contribution < -0.4 is 0 Å². The van der Waals surface area contributed by atoms with Gasteiger partial charge in [-0.2, -0.15) is 0 Å². The molecule has 124 valence electrons. The molecule has 1 heteroatoms. The van der Waals surface area contributed by atoms with Crippen molar-refractivity contribution in [3.63, 3.8) is 0 Å². The lowest BCUT2D eigenvalue weighted by molar-refractivity contribution is -0.199. The minimum absolute atomic E-state index is 0.116. The summed E-state index contributed by atoms with van der Waals surface area (Å²) in [5.74, 6) is 0.